The molecule has 0 fully saturated rings. The van der Waals surface area contributed by atoms with E-state index in [9.17, 15) is 4.79 Å². The van der Waals surface area contributed by atoms with Crippen LogP contribution >= 0.6 is 0 Å². The molecule has 0 N–H and O–H groups in total. The van der Waals surface area contributed by atoms with Crippen molar-refractivity contribution in [3.05, 3.63) is 59.7 Å². The molecule has 0 atom stereocenters. The molecule has 37 heavy (non-hydrogen) atoms. The van der Waals surface area contributed by atoms with Crippen LogP contribution in [0.3, 0.4) is 0 Å². The topological polar surface area (TPSA) is 77.4 Å². The maximum Gasteiger partial charge on any atom is 0.332 e. The molecule has 0 bridgehead atoms. The second-order valence-electron chi connectivity index (χ2n) is 10.7. The molecular weight excluding hydrogens is 464 g/mol. The van der Waals surface area contributed by atoms with Gasteiger partial charge in [0.05, 0.1) is 0 Å². The van der Waals surface area contributed by atoms with Gasteiger partial charge in [-0.3, -0.25) is 0 Å². The van der Waals surface area contributed by atoms with Gasteiger partial charge in [0.1, 0.15) is 23.6 Å². The number of anilines is 1. The summed E-state index contributed by atoms with van der Waals surface area (Å²) in [6.07, 6.45) is 1.68. The molecule has 3 rings (SSSR count). The smallest absolute Gasteiger partial charge is 0.332 e. The number of unbranched alkanes of at least 4 members (excludes halogenated alkanes) is 1. The average molecular weight is 505 g/mol. The lowest BCUT2D eigenvalue weighted by atomic mass is 10.0. The second kappa shape index (κ2) is 12.8. The van der Waals surface area contributed by atoms with Gasteiger partial charge in [-0.1, -0.05) is 59.7 Å². The number of aryl methyl sites for hydroxylation is 2. The van der Waals surface area contributed by atoms with Gasteiger partial charge in [0, 0.05) is 30.3 Å². The van der Waals surface area contributed by atoms with Crippen LogP contribution in [0.1, 0.15) is 58.6 Å². The minimum atomic E-state index is -0.501. The first-order valence-electron chi connectivity index (χ1n) is 13.0. The van der Waals surface area contributed by atoms with Crippen LogP contribution in [-0.2, 0) is 14.3 Å². The zero-order chi connectivity index (χ0) is 27.0. The normalized spacial score (nSPS) is 11.6. The number of carbonyl (C=O) groups excluding carboxylic acids is 1. The van der Waals surface area contributed by atoms with Crippen LogP contribution in [0.2, 0.25) is 0 Å². The maximum absolute atomic E-state index is 11.8. The summed E-state index contributed by atoms with van der Waals surface area (Å²) in [5, 5.41) is 9.20. The Hall–Kier alpha value is -3.32. The maximum atomic E-state index is 11.8. The van der Waals surface area contributed by atoms with Crippen LogP contribution in [0.5, 0.6) is 0 Å². The lowest BCUT2D eigenvalue weighted by molar-refractivity contribution is -0.160. The fourth-order valence-corrected chi connectivity index (χ4v) is 3.86. The van der Waals surface area contributed by atoms with Crippen molar-refractivity contribution in [2.45, 2.75) is 73.0 Å². The van der Waals surface area contributed by atoms with Gasteiger partial charge in [-0.05, 0) is 61.3 Å². The first-order chi connectivity index (χ1) is 17.5. The van der Waals surface area contributed by atoms with Crippen LogP contribution in [0.25, 0.3) is 22.5 Å². The number of esters is 1. The highest BCUT2D eigenvalue weighted by atomic mass is 16.6. The van der Waals surface area contributed by atoms with Crippen LogP contribution in [0.4, 0.5) is 5.95 Å². The molecular formula is C30H40N4O3. The highest BCUT2D eigenvalue weighted by Crippen LogP contribution is 2.30. The molecule has 0 radical (unpaired) electrons. The Kier molecular flexibility index (Phi) is 9.75. The zero-order valence-corrected chi connectivity index (χ0v) is 23.2. The van der Waals surface area contributed by atoms with E-state index in [0.29, 0.717) is 12.6 Å². The lowest BCUT2D eigenvalue weighted by Gasteiger charge is -2.27. The van der Waals surface area contributed by atoms with E-state index in [1.807, 2.05) is 20.8 Å². The van der Waals surface area contributed by atoms with E-state index in [0.717, 1.165) is 41.9 Å². The summed E-state index contributed by atoms with van der Waals surface area (Å²) < 4.78 is 10.8. The van der Waals surface area contributed by atoms with Gasteiger partial charge in [-0.15, -0.1) is 10.2 Å². The quantitative estimate of drug-likeness (QED) is 0.228. The van der Waals surface area contributed by atoms with E-state index in [4.69, 9.17) is 14.5 Å². The number of nitrogens with zero attached hydrogens (tertiary/aromatic N) is 4. The van der Waals surface area contributed by atoms with Crippen LogP contribution in [-0.4, -0.2) is 52.6 Å². The summed E-state index contributed by atoms with van der Waals surface area (Å²) in [6, 6.07) is 16.8. The highest BCUT2D eigenvalue weighted by molar-refractivity contribution is 5.78. The highest BCUT2D eigenvalue weighted by Gasteiger charge is 2.19. The minimum absolute atomic E-state index is 0.0292. The number of aromatic nitrogens is 3. The summed E-state index contributed by atoms with van der Waals surface area (Å²) in [4.78, 5) is 19.0. The molecule has 0 amide bonds. The number of hydrogen-bond donors (Lipinski definition) is 0. The van der Waals surface area contributed by atoms with E-state index >= 15 is 0 Å². The predicted octanol–water partition coefficient (Wildman–Crippen LogP) is 6.18. The summed E-state index contributed by atoms with van der Waals surface area (Å²) in [5.74, 6) is 0.268. The fourth-order valence-electron chi connectivity index (χ4n) is 3.86. The Morgan fingerprint density at radius 1 is 0.865 bits per heavy atom. The molecule has 0 unspecified atom stereocenters. The van der Waals surface area contributed by atoms with E-state index in [-0.39, 0.29) is 18.6 Å². The monoisotopic (exact) mass is 504 g/mol. The van der Waals surface area contributed by atoms with Crippen molar-refractivity contribution < 1.29 is 14.3 Å². The van der Waals surface area contributed by atoms with E-state index in [1.54, 1.807) is 0 Å². The molecule has 0 aliphatic rings. The number of benzene rings is 2. The van der Waals surface area contributed by atoms with Crippen molar-refractivity contribution in [3.8, 4) is 22.5 Å². The molecule has 2 aromatic carbocycles. The first kappa shape index (κ1) is 28.3. The van der Waals surface area contributed by atoms with Crippen molar-refractivity contribution in [1.29, 1.82) is 0 Å². The molecule has 1 aromatic heterocycles. The molecule has 0 saturated heterocycles. The van der Waals surface area contributed by atoms with Crippen molar-refractivity contribution in [3.63, 3.8) is 0 Å². The number of carbonyl (C=O) groups is 1. The van der Waals surface area contributed by atoms with Crippen LogP contribution in [0, 0.1) is 13.8 Å². The van der Waals surface area contributed by atoms with Gasteiger partial charge in [-0.25, -0.2) is 9.78 Å². The molecule has 0 spiro atoms. The third-order valence-electron chi connectivity index (χ3n) is 5.78. The van der Waals surface area contributed by atoms with Crippen LogP contribution in [0.15, 0.2) is 48.5 Å². The SMILES string of the molecule is Cc1ccc(-c2nnc(N(CCCCOCC(=O)OC(C)(C)C)C(C)C)nc2-c2ccc(C)cc2)cc1. The van der Waals surface area contributed by atoms with Crippen molar-refractivity contribution in [2.75, 3.05) is 24.7 Å². The van der Waals surface area contributed by atoms with Gasteiger partial charge in [0.2, 0.25) is 5.95 Å². The standard InChI is InChI=1S/C30H40N4O3/c1-21(2)34(18-8-9-19-36-20-26(35)37-30(5,6)7)29-31-27(24-14-10-22(3)11-15-24)28(32-33-29)25-16-12-23(4)13-17-25/h10-17,21H,8-9,18-20H2,1-7H3. The second-order valence-corrected chi connectivity index (χ2v) is 10.7. The van der Waals surface area contributed by atoms with Gasteiger partial charge < -0.3 is 14.4 Å². The van der Waals surface area contributed by atoms with E-state index in [2.05, 4.69) is 91.3 Å². The third kappa shape index (κ3) is 8.64. The average Bonchev–Trinajstić information content (AvgIpc) is 2.83. The van der Waals surface area contributed by atoms with Crippen molar-refractivity contribution in [1.82, 2.24) is 15.2 Å². The summed E-state index contributed by atoms with van der Waals surface area (Å²) in [6.45, 7) is 15.2. The predicted molar refractivity (Wildman–Crippen MR) is 149 cm³/mol. The van der Waals surface area contributed by atoms with Gasteiger partial charge in [0.25, 0.3) is 0 Å². The summed E-state index contributed by atoms with van der Waals surface area (Å²) in [7, 11) is 0. The fraction of sp³-hybridized carbons (Fsp3) is 0.467. The number of rotatable bonds is 11. The Labute approximate surface area is 221 Å². The molecule has 0 aliphatic carbocycles. The Morgan fingerprint density at radius 2 is 1.43 bits per heavy atom. The molecule has 0 saturated carbocycles. The van der Waals surface area contributed by atoms with E-state index < -0.39 is 5.60 Å². The van der Waals surface area contributed by atoms with Crippen LogP contribution < -0.4 is 4.90 Å². The Morgan fingerprint density at radius 3 is 1.97 bits per heavy atom. The molecule has 0 aliphatic heterocycles. The largest absolute Gasteiger partial charge is 0.458 e. The van der Waals surface area contributed by atoms with Crippen molar-refractivity contribution >= 4 is 11.9 Å². The molecule has 7 heteroatoms. The first-order valence-corrected chi connectivity index (χ1v) is 13.0. The number of hydrogen-bond acceptors (Lipinski definition) is 7. The summed E-state index contributed by atoms with van der Waals surface area (Å²) in [5.41, 5.74) is 5.48. The molecule has 3 aromatic rings. The third-order valence-corrected chi connectivity index (χ3v) is 5.78. The van der Waals surface area contributed by atoms with Gasteiger partial charge in [-0.2, -0.15) is 0 Å². The Balaban J connectivity index is 1.73. The number of ether oxygens (including phenoxy) is 2. The molecule has 7 nitrogen and oxygen atoms in total. The molecule has 1 heterocycles. The summed E-state index contributed by atoms with van der Waals surface area (Å²) >= 11 is 0. The van der Waals surface area contributed by atoms with Gasteiger partial charge in [0.15, 0.2) is 0 Å². The Bertz CT molecular complexity index is 1150. The van der Waals surface area contributed by atoms with E-state index in [1.165, 1.54) is 11.1 Å². The molecule has 198 valence electrons. The minimum Gasteiger partial charge on any atom is -0.458 e. The zero-order valence-electron chi connectivity index (χ0n) is 23.2. The van der Waals surface area contributed by atoms with Crippen molar-refractivity contribution in [2.24, 2.45) is 0 Å². The lowest BCUT2D eigenvalue weighted by Crippen LogP contribution is -2.34. The van der Waals surface area contributed by atoms with Gasteiger partial charge >= 0.3 is 5.97 Å².